The second kappa shape index (κ2) is 3.57. The fraction of sp³-hybridized carbons (Fsp3) is 1.00. The van der Waals surface area contributed by atoms with Crippen molar-refractivity contribution in [2.45, 2.75) is 52.3 Å². The van der Waals surface area contributed by atoms with Crippen LogP contribution >= 0.6 is 11.6 Å². The summed E-state index contributed by atoms with van der Waals surface area (Å²) in [6, 6.07) is 0. The zero-order valence-corrected chi connectivity index (χ0v) is 9.49. The van der Waals surface area contributed by atoms with Crippen LogP contribution in [0, 0.1) is 17.3 Å². The van der Waals surface area contributed by atoms with Gasteiger partial charge in [-0.2, -0.15) is 0 Å². The SMILES string of the molecule is CC1CC(Cl)CCC1C(C)(C)C. The Morgan fingerprint density at radius 1 is 1.17 bits per heavy atom. The molecule has 0 N–H and O–H groups in total. The maximum absolute atomic E-state index is 6.13. The second-order valence-electron chi connectivity index (χ2n) is 5.36. The molecule has 0 spiro atoms. The Kier molecular flexibility index (Phi) is 3.09. The van der Waals surface area contributed by atoms with Crippen molar-refractivity contribution in [3.63, 3.8) is 0 Å². The van der Waals surface area contributed by atoms with Crippen LogP contribution in [-0.2, 0) is 0 Å². The van der Waals surface area contributed by atoms with E-state index in [1.807, 2.05) is 0 Å². The lowest BCUT2D eigenvalue weighted by Gasteiger charge is -2.40. The highest BCUT2D eigenvalue weighted by Crippen LogP contribution is 2.42. The molecule has 0 aromatic rings. The molecule has 1 rings (SSSR count). The summed E-state index contributed by atoms with van der Waals surface area (Å²) in [6.45, 7) is 9.40. The first-order chi connectivity index (χ1) is 5.41. The van der Waals surface area contributed by atoms with E-state index in [0.29, 0.717) is 10.8 Å². The molecule has 0 nitrogen and oxygen atoms in total. The molecule has 1 heteroatoms. The highest BCUT2D eigenvalue weighted by Gasteiger charge is 2.34. The van der Waals surface area contributed by atoms with E-state index < -0.39 is 0 Å². The molecule has 3 unspecified atom stereocenters. The lowest BCUT2D eigenvalue weighted by Crippen LogP contribution is -2.32. The minimum absolute atomic E-state index is 0.443. The van der Waals surface area contributed by atoms with Crippen molar-refractivity contribution in [2.24, 2.45) is 17.3 Å². The largest absolute Gasteiger partial charge is 0.123 e. The summed E-state index contributed by atoms with van der Waals surface area (Å²) in [5, 5.41) is 0.443. The predicted octanol–water partition coefficient (Wildman–Crippen LogP) is 4.08. The van der Waals surface area contributed by atoms with Crippen molar-refractivity contribution in [3.8, 4) is 0 Å². The van der Waals surface area contributed by atoms with Gasteiger partial charge in [0.05, 0.1) is 0 Å². The first-order valence-electron chi connectivity index (χ1n) is 5.05. The third kappa shape index (κ3) is 2.39. The molecular weight excluding hydrogens is 168 g/mol. The Morgan fingerprint density at radius 2 is 1.75 bits per heavy atom. The van der Waals surface area contributed by atoms with Gasteiger partial charge in [-0.3, -0.25) is 0 Å². The van der Waals surface area contributed by atoms with Gasteiger partial charge in [-0.15, -0.1) is 11.6 Å². The van der Waals surface area contributed by atoms with Crippen LogP contribution in [0.1, 0.15) is 47.0 Å². The van der Waals surface area contributed by atoms with E-state index in [9.17, 15) is 0 Å². The number of rotatable bonds is 0. The lowest BCUT2D eigenvalue weighted by atomic mass is 9.67. The molecule has 0 aliphatic heterocycles. The van der Waals surface area contributed by atoms with Crippen molar-refractivity contribution in [3.05, 3.63) is 0 Å². The van der Waals surface area contributed by atoms with Crippen LogP contribution in [0.5, 0.6) is 0 Å². The molecule has 1 fully saturated rings. The molecule has 0 radical (unpaired) electrons. The van der Waals surface area contributed by atoms with Crippen LogP contribution in [0.15, 0.2) is 0 Å². The van der Waals surface area contributed by atoms with E-state index in [0.717, 1.165) is 11.8 Å². The third-order valence-corrected chi connectivity index (χ3v) is 3.61. The van der Waals surface area contributed by atoms with Crippen LogP contribution in [-0.4, -0.2) is 5.38 Å². The average Bonchev–Trinajstić information content (AvgIpc) is 1.83. The predicted molar refractivity (Wildman–Crippen MR) is 55.6 cm³/mol. The Morgan fingerprint density at radius 3 is 2.17 bits per heavy atom. The normalized spacial score (nSPS) is 38.2. The van der Waals surface area contributed by atoms with E-state index in [1.54, 1.807) is 0 Å². The number of alkyl halides is 1. The van der Waals surface area contributed by atoms with E-state index in [-0.39, 0.29) is 0 Å². The quantitative estimate of drug-likeness (QED) is 0.503. The van der Waals surface area contributed by atoms with E-state index in [2.05, 4.69) is 27.7 Å². The Bertz CT molecular complexity index is 146. The maximum atomic E-state index is 6.13. The molecule has 0 heterocycles. The Balaban J connectivity index is 2.57. The van der Waals surface area contributed by atoms with Crippen molar-refractivity contribution >= 4 is 11.6 Å². The van der Waals surface area contributed by atoms with Gasteiger partial charge in [-0.05, 0) is 36.5 Å². The summed E-state index contributed by atoms with van der Waals surface area (Å²) < 4.78 is 0. The Labute approximate surface area is 81.7 Å². The van der Waals surface area contributed by atoms with Gasteiger partial charge in [0.15, 0.2) is 0 Å². The minimum atomic E-state index is 0.443. The number of hydrogen-bond donors (Lipinski definition) is 0. The molecule has 3 atom stereocenters. The van der Waals surface area contributed by atoms with Gasteiger partial charge in [0.25, 0.3) is 0 Å². The zero-order valence-electron chi connectivity index (χ0n) is 8.73. The first kappa shape index (κ1) is 10.4. The van der Waals surface area contributed by atoms with E-state index in [1.165, 1.54) is 19.3 Å². The molecule has 12 heavy (non-hydrogen) atoms. The summed E-state index contributed by atoms with van der Waals surface area (Å²) in [4.78, 5) is 0. The van der Waals surface area contributed by atoms with Crippen molar-refractivity contribution in [2.75, 3.05) is 0 Å². The fourth-order valence-electron chi connectivity index (χ4n) is 2.62. The van der Waals surface area contributed by atoms with Gasteiger partial charge >= 0.3 is 0 Å². The summed E-state index contributed by atoms with van der Waals surface area (Å²) in [5.74, 6) is 1.67. The van der Waals surface area contributed by atoms with Crippen molar-refractivity contribution < 1.29 is 0 Å². The smallest absolute Gasteiger partial charge is 0.0338 e. The highest BCUT2D eigenvalue weighted by molar-refractivity contribution is 6.20. The van der Waals surface area contributed by atoms with E-state index >= 15 is 0 Å². The standard InChI is InChI=1S/C11H21Cl/c1-8-7-9(12)5-6-10(8)11(2,3)4/h8-10H,5-7H2,1-4H3. The molecule has 0 saturated heterocycles. The fourth-order valence-corrected chi connectivity index (χ4v) is 3.02. The minimum Gasteiger partial charge on any atom is -0.123 e. The summed E-state index contributed by atoms with van der Waals surface area (Å²) in [7, 11) is 0. The van der Waals surface area contributed by atoms with Crippen LogP contribution < -0.4 is 0 Å². The molecule has 72 valence electrons. The topological polar surface area (TPSA) is 0 Å². The van der Waals surface area contributed by atoms with Gasteiger partial charge in [-0.25, -0.2) is 0 Å². The summed E-state index contributed by atoms with van der Waals surface area (Å²) in [5.41, 5.74) is 0.469. The van der Waals surface area contributed by atoms with Crippen LogP contribution in [0.4, 0.5) is 0 Å². The molecule has 1 aliphatic rings. The Hall–Kier alpha value is 0.290. The maximum Gasteiger partial charge on any atom is 0.0338 e. The first-order valence-corrected chi connectivity index (χ1v) is 5.49. The summed E-state index contributed by atoms with van der Waals surface area (Å²) in [6.07, 6.45) is 3.75. The lowest BCUT2D eigenvalue weighted by molar-refractivity contribution is 0.121. The molecule has 0 aromatic carbocycles. The molecule has 0 aromatic heterocycles. The monoisotopic (exact) mass is 188 g/mol. The highest BCUT2D eigenvalue weighted by atomic mass is 35.5. The van der Waals surface area contributed by atoms with Gasteiger partial charge in [0.2, 0.25) is 0 Å². The molecule has 0 bridgehead atoms. The van der Waals surface area contributed by atoms with Crippen LogP contribution in [0.2, 0.25) is 0 Å². The summed E-state index contributed by atoms with van der Waals surface area (Å²) >= 11 is 6.13. The van der Waals surface area contributed by atoms with Gasteiger partial charge in [0, 0.05) is 5.38 Å². The molecular formula is C11H21Cl. The zero-order chi connectivity index (χ0) is 9.35. The molecule has 1 aliphatic carbocycles. The van der Waals surface area contributed by atoms with Gasteiger partial charge in [0.1, 0.15) is 0 Å². The average molecular weight is 189 g/mol. The van der Waals surface area contributed by atoms with E-state index in [4.69, 9.17) is 11.6 Å². The number of hydrogen-bond acceptors (Lipinski definition) is 0. The van der Waals surface area contributed by atoms with Crippen molar-refractivity contribution in [1.82, 2.24) is 0 Å². The second-order valence-corrected chi connectivity index (χ2v) is 5.98. The van der Waals surface area contributed by atoms with Gasteiger partial charge in [-0.1, -0.05) is 27.7 Å². The van der Waals surface area contributed by atoms with Gasteiger partial charge < -0.3 is 0 Å². The van der Waals surface area contributed by atoms with Crippen molar-refractivity contribution in [1.29, 1.82) is 0 Å². The molecule has 0 amide bonds. The third-order valence-electron chi connectivity index (χ3n) is 3.22. The van der Waals surface area contributed by atoms with Crippen LogP contribution in [0.3, 0.4) is 0 Å². The molecule has 1 saturated carbocycles. The number of halogens is 1. The van der Waals surface area contributed by atoms with Crippen LogP contribution in [0.25, 0.3) is 0 Å².